The number of halogens is 1. The van der Waals surface area contributed by atoms with Crippen LogP contribution in [-0.4, -0.2) is 44.7 Å². The van der Waals surface area contributed by atoms with Gasteiger partial charge in [-0.2, -0.15) is 0 Å². The first kappa shape index (κ1) is 17.3. The second-order valence-corrected chi connectivity index (χ2v) is 8.40. The van der Waals surface area contributed by atoms with E-state index in [1.165, 1.54) is 0 Å². The Morgan fingerprint density at radius 2 is 2.25 bits per heavy atom. The van der Waals surface area contributed by atoms with Gasteiger partial charge in [-0.15, -0.1) is 23.4 Å². The van der Waals surface area contributed by atoms with Crippen LogP contribution in [0.15, 0.2) is 35.8 Å². The minimum Gasteiger partial charge on any atom is -0.488 e. The standard InChI is InChI=1S/C17H19ClN2O3S/c1-17(2,3)14(21)13-10(8-23-11-5-4-6-19-7-11)9-24-16-12(18)15(22)20(13)16/h4-7,12,16H,8-9H2,1-3H3/t12-,16-/m0/s1. The van der Waals surface area contributed by atoms with Crippen molar-refractivity contribution in [2.45, 2.75) is 31.5 Å². The number of hydrogen-bond donors (Lipinski definition) is 0. The van der Waals surface area contributed by atoms with E-state index in [-0.39, 0.29) is 23.7 Å². The van der Waals surface area contributed by atoms with Crippen LogP contribution in [-0.2, 0) is 9.59 Å². The van der Waals surface area contributed by atoms with Crippen LogP contribution in [0.5, 0.6) is 5.75 Å². The Bertz CT molecular complexity index is 700. The Kier molecular flexibility index (Phi) is 4.62. The number of carbonyl (C=O) groups excluding carboxylic acids is 2. The number of ketones is 1. The summed E-state index contributed by atoms with van der Waals surface area (Å²) in [6.45, 7) is 5.79. The second-order valence-electron chi connectivity index (χ2n) is 6.82. The molecule has 0 unspecified atom stereocenters. The van der Waals surface area contributed by atoms with Gasteiger partial charge < -0.3 is 4.74 Å². The number of fused-ring (bicyclic) bond motifs is 1. The highest BCUT2D eigenvalue weighted by Crippen LogP contribution is 2.44. The molecule has 3 rings (SSSR count). The molecule has 0 bridgehead atoms. The summed E-state index contributed by atoms with van der Waals surface area (Å²) in [5.41, 5.74) is 0.688. The van der Waals surface area contributed by atoms with Gasteiger partial charge >= 0.3 is 0 Å². The molecule has 2 aliphatic heterocycles. The SMILES string of the molecule is CC(C)(C)C(=O)C1=C(COc2cccnc2)CS[C@H]2[C@@H](Cl)C(=O)N12. The number of hydrogen-bond acceptors (Lipinski definition) is 5. The number of aromatic nitrogens is 1. The third-order valence-corrected chi connectivity index (χ3v) is 5.84. The number of ether oxygens (including phenoxy) is 1. The van der Waals surface area contributed by atoms with Crippen molar-refractivity contribution in [1.29, 1.82) is 0 Å². The van der Waals surface area contributed by atoms with Crippen molar-refractivity contribution in [1.82, 2.24) is 9.88 Å². The van der Waals surface area contributed by atoms with Crippen molar-refractivity contribution in [2.24, 2.45) is 5.41 Å². The number of thioether (sulfide) groups is 1. The van der Waals surface area contributed by atoms with Crippen LogP contribution in [0.4, 0.5) is 0 Å². The molecular weight excluding hydrogens is 348 g/mol. The molecule has 0 aromatic carbocycles. The molecule has 2 atom stereocenters. The maximum atomic E-state index is 12.9. The molecule has 1 saturated heterocycles. The van der Waals surface area contributed by atoms with E-state index in [4.69, 9.17) is 16.3 Å². The van der Waals surface area contributed by atoms with E-state index in [1.807, 2.05) is 20.8 Å². The Balaban J connectivity index is 1.90. The van der Waals surface area contributed by atoms with Gasteiger partial charge in [0.05, 0.1) is 11.9 Å². The summed E-state index contributed by atoms with van der Waals surface area (Å²) in [6.07, 6.45) is 3.29. The summed E-state index contributed by atoms with van der Waals surface area (Å²) in [6, 6.07) is 3.59. The predicted molar refractivity (Wildman–Crippen MR) is 94.0 cm³/mol. The van der Waals surface area contributed by atoms with Crippen LogP contribution in [0.3, 0.4) is 0 Å². The number of pyridine rings is 1. The summed E-state index contributed by atoms with van der Waals surface area (Å²) in [5, 5.41) is -0.721. The maximum absolute atomic E-state index is 12.9. The minimum absolute atomic E-state index is 0.0606. The zero-order chi connectivity index (χ0) is 17.5. The molecule has 0 aliphatic carbocycles. The molecule has 1 amide bonds. The lowest BCUT2D eigenvalue weighted by Crippen LogP contribution is -2.63. The predicted octanol–water partition coefficient (Wildman–Crippen LogP) is 2.85. The Morgan fingerprint density at radius 3 is 2.88 bits per heavy atom. The molecule has 1 aromatic heterocycles. The zero-order valence-electron chi connectivity index (χ0n) is 13.8. The highest BCUT2D eigenvalue weighted by Gasteiger charge is 2.53. The molecule has 1 aromatic rings. The smallest absolute Gasteiger partial charge is 0.249 e. The van der Waals surface area contributed by atoms with Gasteiger partial charge in [0.25, 0.3) is 0 Å². The van der Waals surface area contributed by atoms with Crippen molar-refractivity contribution < 1.29 is 14.3 Å². The normalized spacial score (nSPS) is 23.7. The first-order valence-electron chi connectivity index (χ1n) is 7.69. The van der Waals surface area contributed by atoms with Crippen molar-refractivity contribution in [3.05, 3.63) is 35.8 Å². The van der Waals surface area contributed by atoms with E-state index in [0.29, 0.717) is 17.2 Å². The van der Waals surface area contributed by atoms with E-state index in [0.717, 1.165) is 5.57 Å². The van der Waals surface area contributed by atoms with Gasteiger partial charge in [-0.25, -0.2) is 0 Å². The van der Waals surface area contributed by atoms with Gasteiger partial charge in [0, 0.05) is 22.9 Å². The molecule has 3 heterocycles. The van der Waals surface area contributed by atoms with Crippen LogP contribution in [0, 0.1) is 5.41 Å². The average Bonchev–Trinajstić information content (AvgIpc) is 2.57. The van der Waals surface area contributed by atoms with Gasteiger partial charge in [-0.1, -0.05) is 20.8 Å². The molecule has 128 valence electrons. The van der Waals surface area contributed by atoms with Crippen molar-refractivity contribution in [2.75, 3.05) is 12.4 Å². The Morgan fingerprint density at radius 1 is 1.50 bits per heavy atom. The first-order chi connectivity index (χ1) is 11.3. The maximum Gasteiger partial charge on any atom is 0.249 e. The number of rotatable bonds is 4. The second kappa shape index (κ2) is 6.41. The number of β-lactam (4-membered cyclic amide) rings is 1. The molecule has 0 saturated carbocycles. The van der Waals surface area contributed by atoms with E-state index >= 15 is 0 Å². The number of amides is 1. The van der Waals surface area contributed by atoms with Crippen molar-refractivity contribution in [3.63, 3.8) is 0 Å². The number of Topliss-reactive ketones (excluding diaryl/α,β-unsaturated/α-hetero) is 1. The molecule has 0 radical (unpaired) electrons. The molecule has 0 spiro atoms. The molecule has 1 fully saturated rings. The number of nitrogens with zero attached hydrogens (tertiary/aromatic N) is 2. The lowest BCUT2D eigenvalue weighted by molar-refractivity contribution is -0.141. The third kappa shape index (κ3) is 3.05. The molecular formula is C17H19ClN2O3S. The van der Waals surface area contributed by atoms with Crippen LogP contribution < -0.4 is 4.74 Å². The molecule has 5 nitrogen and oxygen atoms in total. The van der Waals surface area contributed by atoms with Crippen LogP contribution >= 0.6 is 23.4 Å². The van der Waals surface area contributed by atoms with Crippen LogP contribution in [0.1, 0.15) is 20.8 Å². The summed E-state index contributed by atoms with van der Waals surface area (Å²) in [7, 11) is 0. The fourth-order valence-corrected chi connectivity index (χ4v) is 4.26. The highest BCUT2D eigenvalue weighted by molar-refractivity contribution is 8.00. The fraction of sp³-hybridized carbons (Fsp3) is 0.471. The fourth-order valence-electron chi connectivity index (χ4n) is 2.59. The van der Waals surface area contributed by atoms with Crippen LogP contribution in [0.2, 0.25) is 0 Å². The van der Waals surface area contributed by atoms with Crippen LogP contribution in [0.25, 0.3) is 0 Å². The Hall–Kier alpha value is -1.53. The lowest BCUT2D eigenvalue weighted by atomic mass is 9.86. The lowest BCUT2D eigenvalue weighted by Gasteiger charge is -2.48. The summed E-state index contributed by atoms with van der Waals surface area (Å²) < 4.78 is 5.75. The monoisotopic (exact) mass is 366 g/mol. The van der Waals surface area contributed by atoms with Crippen molar-refractivity contribution >= 4 is 35.1 Å². The third-order valence-electron chi connectivity index (χ3n) is 3.93. The first-order valence-corrected chi connectivity index (χ1v) is 9.17. The topological polar surface area (TPSA) is 59.5 Å². The number of alkyl halides is 1. The van der Waals surface area contributed by atoms with E-state index < -0.39 is 10.8 Å². The largest absolute Gasteiger partial charge is 0.488 e. The van der Waals surface area contributed by atoms with Gasteiger partial charge in [0.2, 0.25) is 5.91 Å². The zero-order valence-corrected chi connectivity index (χ0v) is 15.4. The average molecular weight is 367 g/mol. The molecule has 2 aliphatic rings. The van der Waals surface area contributed by atoms with E-state index in [9.17, 15) is 9.59 Å². The molecule has 0 N–H and O–H groups in total. The minimum atomic E-state index is -0.584. The highest BCUT2D eigenvalue weighted by atomic mass is 35.5. The molecule has 7 heteroatoms. The van der Waals surface area contributed by atoms with Crippen molar-refractivity contribution in [3.8, 4) is 5.75 Å². The number of carbonyl (C=O) groups is 2. The van der Waals surface area contributed by atoms with Gasteiger partial charge in [0.15, 0.2) is 5.78 Å². The summed E-state index contributed by atoms with van der Waals surface area (Å²) in [5.74, 6) is 0.981. The summed E-state index contributed by atoms with van der Waals surface area (Å²) in [4.78, 5) is 30.7. The number of allylic oxidation sites excluding steroid dienone is 1. The quantitative estimate of drug-likeness (QED) is 0.605. The van der Waals surface area contributed by atoms with E-state index in [1.54, 1.807) is 41.2 Å². The van der Waals surface area contributed by atoms with E-state index in [2.05, 4.69) is 4.98 Å². The van der Waals surface area contributed by atoms with Gasteiger partial charge in [-0.3, -0.25) is 19.5 Å². The summed E-state index contributed by atoms with van der Waals surface area (Å²) >= 11 is 7.66. The Labute approximate surface area is 150 Å². The van der Waals surface area contributed by atoms with Gasteiger partial charge in [0.1, 0.15) is 23.1 Å². The molecule has 24 heavy (non-hydrogen) atoms. The van der Waals surface area contributed by atoms with Gasteiger partial charge in [-0.05, 0) is 12.1 Å².